The van der Waals surface area contributed by atoms with Crippen molar-refractivity contribution >= 4 is 18.1 Å². The van der Waals surface area contributed by atoms with E-state index in [4.69, 9.17) is 0 Å². The van der Waals surface area contributed by atoms with Gasteiger partial charge in [-0.25, -0.2) is 4.89 Å². The van der Waals surface area contributed by atoms with Gasteiger partial charge in [-0.1, -0.05) is 81.8 Å². The molecule has 2 heteroatoms. The second-order valence-electron chi connectivity index (χ2n) is 6.64. The lowest BCUT2D eigenvalue weighted by molar-refractivity contribution is 0.577. The summed E-state index contributed by atoms with van der Waals surface area (Å²) in [7, 11) is -2.24. The molecule has 0 aliphatic heterocycles. The molecule has 0 spiro atoms. The van der Waals surface area contributed by atoms with Crippen molar-refractivity contribution in [1.82, 2.24) is 0 Å². The Bertz CT molecular complexity index is 513. The van der Waals surface area contributed by atoms with Crippen LogP contribution in [0.4, 0.5) is 0 Å². The van der Waals surface area contributed by atoms with Gasteiger partial charge in [0.1, 0.15) is 10.6 Å². The zero-order valence-corrected chi connectivity index (χ0v) is 15.9. The summed E-state index contributed by atoms with van der Waals surface area (Å²) in [5.74, 6) is 0. The first-order valence-electron chi connectivity index (χ1n) is 9.49. The fraction of sp³-hybridized carbons (Fsp3) is 0.455. The molecule has 2 rings (SSSR count). The lowest BCUT2D eigenvalue weighted by Crippen LogP contribution is -2.24. The van der Waals surface area contributed by atoms with Crippen molar-refractivity contribution in [3.8, 4) is 0 Å². The third-order valence-electron chi connectivity index (χ3n) is 4.70. The molecule has 24 heavy (non-hydrogen) atoms. The lowest BCUT2D eigenvalue weighted by atomic mass is 10.1. The minimum Gasteiger partial charge on any atom is -0.241 e. The van der Waals surface area contributed by atoms with Crippen LogP contribution in [-0.2, 0) is 0 Å². The first-order chi connectivity index (χ1) is 11.8. The largest absolute Gasteiger partial charge is 0.241 e. The highest BCUT2D eigenvalue weighted by Gasteiger charge is 2.40. The minimum atomic E-state index is -2.24. The fourth-order valence-corrected chi connectivity index (χ4v) is 6.06. The van der Waals surface area contributed by atoms with Crippen molar-refractivity contribution in [2.75, 3.05) is 6.16 Å². The van der Waals surface area contributed by atoms with Crippen LogP contribution in [0.2, 0.25) is 0 Å². The van der Waals surface area contributed by atoms with E-state index in [-0.39, 0.29) is 0 Å². The molecule has 0 aromatic heterocycles. The van der Waals surface area contributed by atoms with Crippen LogP contribution < -0.4 is 10.6 Å². The molecule has 1 nitrogen and oxygen atoms in total. The molecule has 2 aromatic carbocycles. The van der Waals surface area contributed by atoms with Gasteiger partial charge in [-0.2, -0.15) is 0 Å². The Kier molecular flexibility index (Phi) is 8.50. The predicted molar refractivity (Wildman–Crippen MR) is 109 cm³/mol. The van der Waals surface area contributed by atoms with Gasteiger partial charge in [0.15, 0.2) is 0 Å². The molecule has 0 heterocycles. The summed E-state index contributed by atoms with van der Waals surface area (Å²) < 4.78 is 0. The van der Waals surface area contributed by atoms with Gasteiger partial charge in [0.05, 0.1) is 6.16 Å². The molecular weight excluding hydrogens is 311 g/mol. The van der Waals surface area contributed by atoms with E-state index in [0.717, 1.165) is 23.2 Å². The molecule has 0 aliphatic rings. The first kappa shape index (κ1) is 19.2. The third kappa shape index (κ3) is 5.72. The van der Waals surface area contributed by atoms with Gasteiger partial charge in [-0.15, -0.1) is 0 Å². The van der Waals surface area contributed by atoms with Crippen LogP contribution in [0.5, 0.6) is 0 Å². The monoisotopic (exact) mass is 343 g/mol. The Hall–Kier alpha value is -1.17. The third-order valence-corrected chi connectivity index (χ3v) is 7.97. The number of benzene rings is 2. The van der Waals surface area contributed by atoms with E-state index >= 15 is 0 Å². The van der Waals surface area contributed by atoms with Crippen molar-refractivity contribution in [1.29, 1.82) is 0 Å². The van der Waals surface area contributed by atoms with Crippen molar-refractivity contribution in [2.45, 2.75) is 58.3 Å². The van der Waals surface area contributed by atoms with Gasteiger partial charge in [0.2, 0.25) is 7.49 Å². The number of hydrogen-bond donors (Lipinski definition) is 1. The summed E-state index contributed by atoms with van der Waals surface area (Å²) in [6.45, 7) is 2.26. The van der Waals surface area contributed by atoms with Crippen LogP contribution in [-0.4, -0.2) is 11.1 Å². The Morgan fingerprint density at radius 2 is 1.04 bits per heavy atom. The quantitative estimate of drug-likeness (QED) is 0.410. The maximum absolute atomic E-state index is 11.5. The standard InChI is InChI=1S/C22H32OP/c1-2-3-4-5-6-7-8-15-20-24(23,21-16-11-9-12-17-21)22-18-13-10-14-19-22/h9-14,16-19,23H,2-8,15,20H2,1H3/q+1. The highest BCUT2D eigenvalue weighted by atomic mass is 31.2. The van der Waals surface area contributed by atoms with Crippen LogP contribution in [0.3, 0.4) is 0 Å². The van der Waals surface area contributed by atoms with Crippen molar-refractivity contribution < 1.29 is 4.89 Å². The Morgan fingerprint density at radius 3 is 1.50 bits per heavy atom. The molecule has 0 aliphatic carbocycles. The van der Waals surface area contributed by atoms with Crippen LogP contribution in [0.15, 0.2) is 60.7 Å². The molecule has 0 unspecified atom stereocenters. The second kappa shape index (κ2) is 10.6. The molecular formula is C22H32OP+. The Balaban J connectivity index is 1.91. The van der Waals surface area contributed by atoms with Crippen molar-refractivity contribution in [2.24, 2.45) is 0 Å². The summed E-state index contributed by atoms with van der Waals surface area (Å²) in [5.41, 5.74) is 0. The maximum atomic E-state index is 11.5. The van der Waals surface area contributed by atoms with E-state index in [1.165, 1.54) is 44.9 Å². The Labute approximate surface area is 148 Å². The lowest BCUT2D eigenvalue weighted by Gasteiger charge is -2.20. The summed E-state index contributed by atoms with van der Waals surface area (Å²) in [4.78, 5) is 11.5. The minimum absolute atomic E-state index is 0.899. The highest BCUT2D eigenvalue weighted by molar-refractivity contribution is 7.84. The van der Waals surface area contributed by atoms with E-state index in [1.807, 2.05) is 36.4 Å². The van der Waals surface area contributed by atoms with Gasteiger partial charge in [-0.05, 0) is 37.1 Å². The Morgan fingerprint density at radius 1 is 0.625 bits per heavy atom. The predicted octanol–water partition coefficient (Wildman–Crippen LogP) is 5.70. The van der Waals surface area contributed by atoms with E-state index in [9.17, 15) is 4.89 Å². The molecule has 0 saturated heterocycles. The number of unbranched alkanes of at least 4 members (excludes halogenated alkanes) is 7. The van der Waals surface area contributed by atoms with Gasteiger partial charge >= 0.3 is 0 Å². The molecule has 2 aromatic rings. The average molecular weight is 343 g/mol. The van der Waals surface area contributed by atoms with Gasteiger partial charge < -0.3 is 0 Å². The number of hydrogen-bond acceptors (Lipinski definition) is 1. The molecule has 0 atom stereocenters. The summed E-state index contributed by atoms with van der Waals surface area (Å²) in [6, 6.07) is 20.6. The van der Waals surface area contributed by atoms with Crippen molar-refractivity contribution in [3.63, 3.8) is 0 Å². The van der Waals surface area contributed by atoms with Gasteiger partial charge in [-0.3, -0.25) is 0 Å². The van der Waals surface area contributed by atoms with Crippen LogP contribution in [0.1, 0.15) is 58.3 Å². The molecule has 0 fully saturated rings. The van der Waals surface area contributed by atoms with Gasteiger partial charge in [0, 0.05) is 0 Å². The first-order valence-corrected chi connectivity index (χ1v) is 11.4. The van der Waals surface area contributed by atoms with Crippen LogP contribution >= 0.6 is 7.49 Å². The van der Waals surface area contributed by atoms with E-state index in [0.29, 0.717) is 0 Å². The fourth-order valence-electron chi connectivity index (χ4n) is 3.23. The van der Waals surface area contributed by atoms with Gasteiger partial charge in [0.25, 0.3) is 0 Å². The van der Waals surface area contributed by atoms with Crippen molar-refractivity contribution in [3.05, 3.63) is 60.7 Å². The molecule has 130 valence electrons. The smallest absolute Gasteiger partial charge is 0.206 e. The van der Waals surface area contributed by atoms with Crippen LogP contribution in [0, 0.1) is 0 Å². The molecule has 0 amide bonds. The molecule has 0 saturated carbocycles. The SMILES string of the molecule is CCCCCCCCCC[P+](O)(c1ccccc1)c1ccccc1. The normalized spacial score (nSPS) is 11.6. The van der Waals surface area contributed by atoms with Crippen LogP contribution in [0.25, 0.3) is 0 Å². The molecule has 0 bridgehead atoms. The highest BCUT2D eigenvalue weighted by Crippen LogP contribution is 2.52. The summed E-state index contributed by atoms with van der Waals surface area (Å²) in [6.07, 6.45) is 11.3. The zero-order valence-electron chi connectivity index (χ0n) is 15.0. The maximum Gasteiger partial charge on any atom is 0.206 e. The van der Waals surface area contributed by atoms with E-state index in [1.54, 1.807) is 0 Å². The van der Waals surface area contributed by atoms with E-state index in [2.05, 4.69) is 31.2 Å². The average Bonchev–Trinajstić information content (AvgIpc) is 2.65. The second-order valence-corrected chi connectivity index (χ2v) is 9.66. The van der Waals surface area contributed by atoms with E-state index < -0.39 is 7.49 Å². The number of rotatable bonds is 11. The summed E-state index contributed by atoms with van der Waals surface area (Å²) >= 11 is 0. The topological polar surface area (TPSA) is 20.2 Å². The molecule has 1 N–H and O–H groups in total. The summed E-state index contributed by atoms with van der Waals surface area (Å²) in [5, 5.41) is 2.22. The zero-order chi connectivity index (χ0) is 17.1. The molecule has 0 radical (unpaired) electrons.